The van der Waals surface area contributed by atoms with Gasteiger partial charge in [0.1, 0.15) is 0 Å². The maximum absolute atomic E-state index is 2.50. The highest BCUT2D eigenvalue weighted by molar-refractivity contribution is 6.13. The lowest BCUT2D eigenvalue weighted by molar-refractivity contribution is 1.18. The molecule has 0 aliphatic carbocycles. The van der Waals surface area contributed by atoms with Gasteiger partial charge < -0.3 is 9.47 Å². The fourth-order valence-electron chi connectivity index (χ4n) is 10.8. The van der Waals surface area contributed by atoms with E-state index in [9.17, 15) is 0 Å². The highest BCUT2D eigenvalue weighted by atomic mass is 15.1. The largest absolute Gasteiger partial charge is 0.309 e. The summed E-state index contributed by atoms with van der Waals surface area (Å²) in [5.74, 6) is 0. The molecule has 0 aliphatic rings. The molecule has 0 radical (unpaired) electrons. The predicted molar refractivity (Wildman–Crippen MR) is 290 cm³/mol. The monoisotopic (exact) mass is 864 g/mol. The maximum atomic E-state index is 2.50. The Morgan fingerprint density at radius 1 is 0.250 bits per heavy atom. The summed E-state index contributed by atoms with van der Waals surface area (Å²) in [4.78, 5) is 2.50. The van der Waals surface area contributed by atoms with Gasteiger partial charge in [0, 0.05) is 33.0 Å². The van der Waals surface area contributed by atoms with Gasteiger partial charge in [-0.05, 0) is 103 Å². The molecule has 0 N–H and O–H groups in total. The van der Waals surface area contributed by atoms with Crippen LogP contribution in [0.25, 0.3) is 104 Å². The number of hydrogen-bond donors (Lipinski definition) is 0. The zero-order chi connectivity index (χ0) is 45.0. The molecule has 1 aromatic heterocycles. The minimum absolute atomic E-state index is 1.07. The van der Waals surface area contributed by atoms with Gasteiger partial charge in [-0.1, -0.05) is 224 Å². The normalized spacial score (nSPS) is 11.5. The highest BCUT2D eigenvalue weighted by Crippen LogP contribution is 2.49. The third-order valence-corrected chi connectivity index (χ3v) is 13.8. The smallest absolute Gasteiger partial charge is 0.0541 e. The van der Waals surface area contributed by atoms with Crippen LogP contribution in [0.3, 0.4) is 0 Å². The molecule has 13 rings (SSSR count). The summed E-state index contributed by atoms with van der Waals surface area (Å²) in [6, 6.07) is 97.7. The first kappa shape index (κ1) is 39.4. The summed E-state index contributed by atoms with van der Waals surface area (Å²) in [5.41, 5.74) is 16.2. The van der Waals surface area contributed by atoms with E-state index in [-0.39, 0.29) is 0 Å². The van der Waals surface area contributed by atoms with E-state index in [1.165, 1.54) is 70.8 Å². The molecule has 0 atom stereocenters. The van der Waals surface area contributed by atoms with Crippen LogP contribution in [0.2, 0.25) is 0 Å². The summed E-state index contributed by atoms with van der Waals surface area (Å²) in [5, 5.41) is 9.79. The number of rotatable bonds is 8. The molecule has 1 heterocycles. The third-order valence-electron chi connectivity index (χ3n) is 13.8. The number of para-hydroxylation sites is 4. The molecule has 2 nitrogen and oxygen atoms in total. The van der Waals surface area contributed by atoms with Crippen molar-refractivity contribution in [2.24, 2.45) is 0 Å². The fraction of sp³-hybridized carbons (Fsp3) is 0. The predicted octanol–water partition coefficient (Wildman–Crippen LogP) is 18.4. The Labute approximate surface area is 395 Å². The zero-order valence-corrected chi connectivity index (χ0v) is 37.3. The van der Waals surface area contributed by atoms with Crippen LogP contribution in [-0.2, 0) is 0 Å². The van der Waals surface area contributed by atoms with Gasteiger partial charge in [-0.15, -0.1) is 0 Å². The lowest BCUT2D eigenvalue weighted by atomic mass is 9.91. The Hall–Kier alpha value is -8.98. The molecule has 0 amide bonds. The lowest BCUT2D eigenvalue weighted by Gasteiger charge is -2.31. The SMILES string of the molecule is c1ccc(-c2cc(N(c3ccccc3-c3cccc4ccccc34)c3ccc(-c4cccc5ccccc45)c4ccccc34)ccc2-c2ccccc2-n2c3ccccc3c3ccccc32)cc1. The van der Waals surface area contributed by atoms with Crippen molar-refractivity contribution in [2.75, 3.05) is 4.90 Å². The molecule has 0 spiro atoms. The van der Waals surface area contributed by atoms with E-state index in [4.69, 9.17) is 0 Å². The van der Waals surface area contributed by atoms with Gasteiger partial charge >= 0.3 is 0 Å². The van der Waals surface area contributed by atoms with Crippen molar-refractivity contribution in [3.05, 3.63) is 267 Å². The molecule has 0 bridgehead atoms. The molecule has 0 fully saturated rings. The van der Waals surface area contributed by atoms with Crippen molar-refractivity contribution >= 4 is 71.2 Å². The Balaban J connectivity index is 1.08. The van der Waals surface area contributed by atoms with Crippen LogP contribution >= 0.6 is 0 Å². The molecule has 68 heavy (non-hydrogen) atoms. The Morgan fingerprint density at radius 3 is 1.41 bits per heavy atom. The van der Waals surface area contributed by atoms with Crippen LogP contribution in [0.4, 0.5) is 17.1 Å². The Bertz CT molecular complexity index is 3980. The summed E-state index contributed by atoms with van der Waals surface area (Å²) in [6.45, 7) is 0. The second-order valence-corrected chi connectivity index (χ2v) is 17.6. The van der Waals surface area contributed by atoms with E-state index in [1.54, 1.807) is 0 Å². The van der Waals surface area contributed by atoms with E-state index in [1.807, 2.05) is 0 Å². The standard InChI is InChI=1S/C66H44N2/c1-2-20-47(21-3-1)61-44-48(40-41-55(61)58-31-11-15-37-63(58)68-64-38-16-12-32-59(64)60-33-13-17-39-65(60)68)67(62-36-14-10-30-56(62)52-35-19-25-46-23-5-7-27-50(46)52)66-43-42-54(53-28-8-9-29-57(53)66)51-34-18-24-45-22-4-6-26-49(45)51/h1-44H. The average Bonchev–Trinajstić information content (AvgIpc) is 3.75. The van der Waals surface area contributed by atoms with Crippen LogP contribution in [0.5, 0.6) is 0 Å². The van der Waals surface area contributed by atoms with Gasteiger partial charge in [-0.3, -0.25) is 0 Å². The fourth-order valence-corrected chi connectivity index (χ4v) is 10.8. The maximum Gasteiger partial charge on any atom is 0.0541 e. The van der Waals surface area contributed by atoms with Crippen molar-refractivity contribution in [3.63, 3.8) is 0 Å². The van der Waals surface area contributed by atoms with Crippen molar-refractivity contribution in [1.82, 2.24) is 4.57 Å². The molecule has 0 saturated heterocycles. The Morgan fingerprint density at radius 2 is 0.721 bits per heavy atom. The van der Waals surface area contributed by atoms with Gasteiger partial charge in [0.25, 0.3) is 0 Å². The molecule has 13 aromatic rings. The molecule has 318 valence electrons. The highest BCUT2D eigenvalue weighted by Gasteiger charge is 2.24. The van der Waals surface area contributed by atoms with Gasteiger partial charge in [-0.2, -0.15) is 0 Å². The zero-order valence-electron chi connectivity index (χ0n) is 37.3. The lowest BCUT2D eigenvalue weighted by Crippen LogP contribution is -2.12. The Kier molecular flexibility index (Phi) is 9.54. The average molecular weight is 865 g/mol. The van der Waals surface area contributed by atoms with Crippen LogP contribution in [-0.4, -0.2) is 4.57 Å². The molecular formula is C66H44N2. The number of hydrogen-bond acceptors (Lipinski definition) is 1. The van der Waals surface area contributed by atoms with Crippen LogP contribution in [0.1, 0.15) is 0 Å². The molecule has 2 heteroatoms. The summed E-state index contributed by atoms with van der Waals surface area (Å²) >= 11 is 0. The summed E-state index contributed by atoms with van der Waals surface area (Å²) in [6.07, 6.45) is 0. The number of anilines is 3. The quantitative estimate of drug-likeness (QED) is 0.148. The minimum atomic E-state index is 1.07. The molecule has 12 aromatic carbocycles. The van der Waals surface area contributed by atoms with Crippen LogP contribution < -0.4 is 4.90 Å². The first-order valence-corrected chi connectivity index (χ1v) is 23.4. The molecule has 0 aliphatic heterocycles. The van der Waals surface area contributed by atoms with Crippen molar-refractivity contribution in [1.29, 1.82) is 0 Å². The number of benzene rings is 12. The van der Waals surface area contributed by atoms with Gasteiger partial charge in [0.15, 0.2) is 0 Å². The van der Waals surface area contributed by atoms with Crippen molar-refractivity contribution in [3.8, 4) is 50.2 Å². The second-order valence-electron chi connectivity index (χ2n) is 17.6. The van der Waals surface area contributed by atoms with E-state index in [2.05, 4.69) is 276 Å². The van der Waals surface area contributed by atoms with Crippen LogP contribution in [0.15, 0.2) is 267 Å². The first-order valence-electron chi connectivity index (χ1n) is 23.4. The third kappa shape index (κ3) is 6.49. The number of nitrogens with zero attached hydrogens (tertiary/aromatic N) is 2. The second kappa shape index (κ2) is 16.5. The summed E-state index contributed by atoms with van der Waals surface area (Å²) < 4.78 is 2.44. The number of aromatic nitrogens is 1. The summed E-state index contributed by atoms with van der Waals surface area (Å²) in [7, 11) is 0. The van der Waals surface area contributed by atoms with E-state index in [0.29, 0.717) is 0 Å². The van der Waals surface area contributed by atoms with E-state index in [0.717, 1.165) is 50.6 Å². The molecular weight excluding hydrogens is 821 g/mol. The number of fused-ring (bicyclic) bond motifs is 6. The molecule has 0 unspecified atom stereocenters. The topological polar surface area (TPSA) is 8.17 Å². The molecule has 0 saturated carbocycles. The van der Waals surface area contributed by atoms with Gasteiger partial charge in [0.2, 0.25) is 0 Å². The van der Waals surface area contributed by atoms with Crippen molar-refractivity contribution < 1.29 is 0 Å². The van der Waals surface area contributed by atoms with E-state index >= 15 is 0 Å². The van der Waals surface area contributed by atoms with Crippen LogP contribution in [0, 0.1) is 0 Å². The van der Waals surface area contributed by atoms with Gasteiger partial charge in [-0.25, -0.2) is 0 Å². The van der Waals surface area contributed by atoms with Crippen molar-refractivity contribution in [2.45, 2.75) is 0 Å². The first-order chi connectivity index (χ1) is 33.8. The van der Waals surface area contributed by atoms with E-state index < -0.39 is 0 Å². The van der Waals surface area contributed by atoms with Gasteiger partial charge in [0.05, 0.1) is 28.1 Å². The minimum Gasteiger partial charge on any atom is -0.309 e.